The predicted molar refractivity (Wildman–Crippen MR) is 72.3 cm³/mol. The Morgan fingerprint density at radius 2 is 2.28 bits per heavy atom. The highest BCUT2D eigenvalue weighted by molar-refractivity contribution is 7.18. The number of fused-ring (bicyclic) bond motifs is 1. The van der Waals surface area contributed by atoms with E-state index in [9.17, 15) is 4.79 Å². The Hall–Kier alpha value is -1.69. The van der Waals surface area contributed by atoms with Gasteiger partial charge in [-0.1, -0.05) is 6.92 Å². The van der Waals surface area contributed by atoms with Crippen LogP contribution in [-0.4, -0.2) is 27.1 Å². The normalized spacial score (nSPS) is 12.6. The van der Waals surface area contributed by atoms with Crippen molar-refractivity contribution in [2.24, 2.45) is 0 Å². The summed E-state index contributed by atoms with van der Waals surface area (Å²) in [5.74, 6) is 0.348. The molecule has 2 aromatic heterocycles. The summed E-state index contributed by atoms with van der Waals surface area (Å²) in [6.07, 6.45) is 0.938. The largest absolute Gasteiger partial charge is 0.480 e. The summed E-state index contributed by atoms with van der Waals surface area (Å²) >= 11 is 1.62. The van der Waals surface area contributed by atoms with Gasteiger partial charge in [0.25, 0.3) is 0 Å². The van der Waals surface area contributed by atoms with Gasteiger partial charge < -0.3 is 10.4 Å². The lowest BCUT2D eigenvalue weighted by Crippen LogP contribution is -2.26. The summed E-state index contributed by atoms with van der Waals surface area (Å²) in [4.78, 5) is 21.7. The second-order valence-corrected chi connectivity index (χ2v) is 5.22. The number of anilines is 1. The summed E-state index contributed by atoms with van der Waals surface area (Å²) in [7, 11) is 0. The highest BCUT2D eigenvalue weighted by Crippen LogP contribution is 2.29. The van der Waals surface area contributed by atoms with Gasteiger partial charge in [0.2, 0.25) is 0 Å². The van der Waals surface area contributed by atoms with E-state index in [0.717, 1.165) is 16.6 Å². The van der Waals surface area contributed by atoms with Crippen LogP contribution in [0.25, 0.3) is 10.2 Å². The minimum Gasteiger partial charge on any atom is -0.480 e. The van der Waals surface area contributed by atoms with Crippen LogP contribution in [0.4, 0.5) is 5.82 Å². The van der Waals surface area contributed by atoms with E-state index in [2.05, 4.69) is 22.2 Å². The lowest BCUT2D eigenvalue weighted by Gasteiger charge is -2.10. The number of nitrogens with zero attached hydrogens (tertiary/aromatic N) is 2. The molecule has 0 radical (unpaired) electrons. The van der Waals surface area contributed by atoms with Crippen molar-refractivity contribution < 1.29 is 9.90 Å². The van der Waals surface area contributed by atoms with Gasteiger partial charge in [-0.25, -0.2) is 9.97 Å². The first-order valence-corrected chi connectivity index (χ1v) is 6.59. The molecule has 2 rings (SSSR count). The Bertz CT molecular complexity index is 594. The Balaban J connectivity index is 2.47. The second kappa shape index (κ2) is 4.89. The maximum absolute atomic E-state index is 10.9. The van der Waals surface area contributed by atoms with Crippen molar-refractivity contribution in [1.29, 1.82) is 0 Å². The molecule has 0 unspecified atom stereocenters. The van der Waals surface area contributed by atoms with Crippen LogP contribution in [0.2, 0.25) is 0 Å². The molecule has 0 saturated carbocycles. The van der Waals surface area contributed by atoms with Gasteiger partial charge in [0, 0.05) is 4.88 Å². The van der Waals surface area contributed by atoms with Gasteiger partial charge in [0.05, 0.1) is 5.39 Å². The molecular formula is C12H15N3O2S. The molecule has 2 N–H and O–H groups in total. The van der Waals surface area contributed by atoms with Crippen molar-refractivity contribution >= 4 is 33.3 Å². The van der Waals surface area contributed by atoms with Gasteiger partial charge >= 0.3 is 5.97 Å². The van der Waals surface area contributed by atoms with Crippen LogP contribution >= 0.6 is 11.3 Å². The van der Waals surface area contributed by atoms with Gasteiger partial charge in [0.15, 0.2) is 0 Å². The fourth-order valence-electron chi connectivity index (χ4n) is 1.63. The number of aryl methyl sites for hydroxylation is 2. The maximum atomic E-state index is 10.9. The summed E-state index contributed by atoms with van der Waals surface area (Å²) in [6.45, 7) is 5.48. The second-order valence-electron chi connectivity index (χ2n) is 4.11. The first kappa shape index (κ1) is 12.8. The molecule has 0 saturated heterocycles. The Morgan fingerprint density at radius 3 is 2.89 bits per heavy atom. The van der Waals surface area contributed by atoms with Crippen LogP contribution in [0.15, 0.2) is 6.07 Å². The summed E-state index contributed by atoms with van der Waals surface area (Å²) in [6, 6.07) is 1.35. The van der Waals surface area contributed by atoms with Crippen LogP contribution in [0.3, 0.4) is 0 Å². The van der Waals surface area contributed by atoms with E-state index in [1.54, 1.807) is 25.2 Å². The highest BCUT2D eigenvalue weighted by atomic mass is 32.1. The smallest absolute Gasteiger partial charge is 0.325 e. The quantitative estimate of drug-likeness (QED) is 0.888. The monoisotopic (exact) mass is 265 g/mol. The van der Waals surface area contributed by atoms with Gasteiger partial charge in [-0.2, -0.15) is 0 Å². The number of hydrogen-bond donors (Lipinski definition) is 2. The van der Waals surface area contributed by atoms with Crippen molar-refractivity contribution in [3.63, 3.8) is 0 Å². The molecule has 1 atom stereocenters. The summed E-state index contributed by atoms with van der Waals surface area (Å²) < 4.78 is 0. The third kappa shape index (κ3) is 2.43. The van der Waals surface area contributed by atoms with Crippen molar-refractivity contribution in [3.05, 3.63) is 16.8 Å². The maximum Gasteiger partial charge on any atom is 0.325 e. The van der Waals surface area contributed by atoms with E-state index in [1.165, 1.54) is 4.88 Å². The van der Waals surface area contributed by atoms with Crippen LogP contribution in [0.5, 0.6) is 0 Å². The summed E-state index contributed by atoms with van der Waals surface area (Å²) in [5, 5.41) is 12.8. The van der Waals surface area contributed by atoms with Crippen LogP contribution in [0.1, 0.15) is 24.5 Å². The minimum absolute atomic E-state index is 0.600. The van der Waals surface area contributed by atoms with Crippen molar-refractivity contribution in [3.8, 4) is 0 Å². The minimum atomic E-state index is -0.898. The third-order valence-corrected chi connectivity index (χ3v) is 3.80. The SMILES string of the molecule is CCc1cc2c(N[C@@H](C)C(=O)O)nc(C)nc2s1. The number of aromatic nitrogens is 2. The number of nitrogens with one attached hydrogen (secondary N) is 1. The zero-order valence-electron chi connectivity index (χ0n) is 10.5. The van der Waals surface area contributed by atoms with Gasteiger partial charge in [-0.05, 0) is 26.3 Å². The van der Waals surface area contributed by atoms with Crippen LogP contribution < -0.4 is 5.32 Å². The molecule has 0 aliphatic carbocycles. The number of thiophene rings is 1. The topological polar surface area (TPSA) is 75.1 Å². The number of carboxylic acid groups (broad SMARTS) is 1. The number of hydrogen-bond acceptors (Lipinski definition) is 5. The van der Waals surface area contributed by atoms with E-state index in [1.807, 2.05) is 6.07 Å². The number of aliphatic carboxylic acids is 1. The molecule has 0 spiro atoms. The third-order valence-electron chi connectivity index (χ3n) is 2.63. The first-order valence-electron chi connectivity index (χ1n) is 5.77. The molecule has 2 aromatic rings. The van der Waals surface area contributed by atoms with Crippen LogP contribution in [-0.2, 0) is 11.2 Å². The van der Waals surface area contributed by atoms with E-state index in [4.69, 9.17) is 5.11 Å². The number of carbonyl (C=O) groups is 1. The van der Waals surface area contributed by atoms with E-state index < -0.39 is 12.0 Å². The van der Waals surface area contributed by atoms with Crippen molar-refractivity contribution in [1.82, 2.24) is 9.97 Å². The molecule has 0 aromatic carbocycles. The zero-order valence-corrected chi connectivity index (χ0v) is 11.3. The number of carboxylic acids is 1. The molecule has 0 aliphatic rings. The van der Waals surface area contributed by atoms with Crippen LogP contribution in [0, 0.1) is 6.92 Å². The average Bonchev–Trinajstić information content (AvgIpc) is 2.71. The van der Waals surface area contributed by atoms with Crippen molar-refractivity contribution in [2.45, 2.75) is 33.2 Å². The first-order chi connectivity index (χ1) is 8.51. The van der Waals surface area contributed by atoms with E-state index >= 15 is 0 Å². The van der Waals surface area contributed by atoms with Gasteiger partial charge in [-0.15, -0.1) is 11.3 Å². The molecule has 5 nitrogen and oxygen atoms in total. The van der Waals surface area contributed by atoms with Gasteiger partial charge in [-0.3, -0.25) is 4.79 Å². The van der Waals surface area contributed by atoms with E-state index in [-0.39, 0.29) is 0 Å². The lowest BCUT2D eigenvalue weighted by atomic mass is 10.2. The molecular weight excluding hydrogens is 250 g/mol. The molecule has 0 aliphatic heterocycles. The van der Waals surface area contributed by atoms with Gasteiger partial charge in [0.1, 0.15) is 22.5 Å². The molecule has 96 valence electrons. The molecule has 0 fully saturated rings. The molecule has 0 bridgehead atoms. The Kier molecular flexibility index (Phi) is 3.47. The standard InChI is InChI=1S/C12H15N3O2S/c1-4-8-5-9-10(13-6(2)12(16)17)14-7(3)15-11(9)18-8/h5-6H,4H2,1-3H3,(H,16,17)(H,13,14,15)/t6-/m0/s1. The fraction of sp³-hybridized carbons (Fsp3) is 0.417. The number of rotatable bonds is 4. The molecule has 0 amide bonds. The highest BCUT2D eigenvalue weighted by Gasteiger charge is 2.15. The molecule has 6 heteroatoms. The van der Waals surface area contributed by atoms with E-state index in [0.29, 0.717) is 11.6 Å². The fourth-order valence-corrected chi connectivity index (χ4v) is 2.64. The predicted octanol–water partition coefficient (Wildman–Crippen LogP) is 2.45. The average molecular weight is 265 g/mol. The van der Waals surface area contributed by atoms with Crippen molar-refractivity contribution in [2.75, 3.05) is 5.32 Å². The molecule has 2 heterocycles. The Morgan fingerprint density at radius 1 is 1.56 bits per heavy atom. The Labute approximate surface area is 109 Å². The lowest BCUT2D eigenvalue weighted by molar-refractivity contribution is -0.137. The zero-order chi connectivity index (χ0) is 13.3. The molecule has 18 heavy (non-hydrogen) atoms. The summed E-state index contributed by atoms with van der Waals surface area (Å²) in [5.41, 5.74) is 0.